The van der Waals surface area contributed by atoms with E-state index >= 15 is 0 Å². The maximum absolute atomic E-state index is 12.7. The van der Waals surface area contributed by atoms with Crippen LogP contribution in [0, 0.1) is 5.92 Å². The Labute approximate surface area is 142 Å². The molecule has 0 bridgehead atoms. The highest BCUT2D eigenvalue weighted by Gasteiger charge is 2.28. The van der Waals surface area contributed by atoms with E-state index in [1.54, 1.807) is 0 Å². The number of aliphatic carboxylic acids is 1. The lowest BCUT2D eigenvalue weighted by Crippen LogP contribution is -2.41. The van der Waals surface area contributed by atoms with Gasteiger partial charge in [-0.1, -0.05) is 24.3 Å². The first-order valence-corrected chi connectivity index (χ1v) is 8.82. The largest absolute Gasteiger partial charge is 0.481 e. The van der Waals surface area contributed by atoms with Crippen molar-refractivity contribution in [2.75, 3.05) is 19.7 Å². The van der Waals surface area contributed by atoms with Crippen molar-refractivity contribution in [2.45, 2.75) is 44.6 Å². The minimum atomic E-state index is -0.759. The molecule has 1 saturated heterocycles. The number of amides is 1. The molecule has 130 valence electrons. The SMILES string of the molecule is O=C(O)CC[C@H]1CCCN(C(=O)C[C@@H]2OCCc3ccccc32)C1. The quantitative estimate of drug-likeness (QED) is 0.901. The number of rotatable bonds is 5. The summed E-state index contributed by atoms with van der Waals surface area (Å²) in [4.78, 5) is 25.3. The Balaban J connectivity index is 1.58. The number of piperidine rings is 1. The molecular formula is C19H25NO4. The zero-order valence-electron chi connectivity index (χ0n) is 13.9. The van der Waals surface area contributed by atoms with Crippen LogP contribution in [0.15, 0.2) is 24.3 Å². The van der Waals surface area contributed by atoms with Gasteiger partial charge in [-0.15, -0.1) is 0 Å². The molecule has 1 fully saturated rings. The van der Waals surface area contributed by atoms with E-state index in [2.05, 4.69) is 12.1 Å². The molecule has 0 saturated carbocycles. The molecule has 0 unspecified atom stereocenters. The van der Waals surface area contributed by atoms with Crippen molar-refractivity contribution in [3.05, 3.63) is 35.4 Å². The first-order valence-electron chi connectivity index (χ1n) is 8.82. The first kappa shape index (κ1) is 17.0. The van der Waals surface area contributed by atoms with Gasteiger partial charge in [-0.2, -0.15) is 0 Å². The van der Waals surface area contributed by atoms with Crippen molar-refractivity contribution < 1.29 is 19.4 Å². The van der Waals surface area contributed by atoms with E-state index in [-0.39, 0.29) is 18.4 Å². The van der Waals surface area contributed by atoms with Gasteiger partial charge in [0, 0.05) is 19.5 Å². The number of hydrogen-bond acceptors (Lipinski definition) is 3. The highest BCUT2D eigenvalue weighted by atomic mass is 16.5. The van der Waals surface area contributed by atoms with Crippen LogP contribution in [0.2, 0.25) is 0 Å². The van der Waals surface area contributed by atoms with Gasteiger partial charge < -0.3 is 14.7 Å². The number of nitrogens with zero attached hydrogens (tertiary/aromatic N) is 1. The molecule has 2 aliphatic heterocycles. The molecule has 1 N–H and O–H groups in total. The summed E-state index contributed by atoms with van der Waals surface area (Å²) in [5.74, 6) is -0.333. The Kier molecular flexibility index (Phi) is 5.51. The predicted octanol–water partition coefficient (Wildman–Crippen LogP) is 2.79. The second-order valence-electron chi connectivity index (χ2n) is 6.79. The van der Waals surface area contributed by atoms with Crippen LogP contribution in [0.5, 0.6) is 0 Å². The number of likely N-dealkylation sites (tertiary alicyclic amines) is 1. The summed E-state index contributed by atoms with van der Waals surface area (Å²) in [7, 11) is 0. The lowest BCUT2D eigenvalue weighted by molar-refractivity contribution is -0.137. The molecular weight excluding hydrogens is 306 g/mol. The van der Waals surface area contributed by atoms with Gasteiger partial charge in [0.1, 0.15) is 0 Å². The number of benzene rings is 1. The maximum Gasteiger partial charge on any atom is 0.303 e. The summed E-state index contributed by atoms with van der Waals surface area (Å²) in [5, 5.41) is 8.83. The van der Waals surface area contributed by atoms with Crippen molar-refractivity contribution in [1.29, 1.82) is 0 Å². The second kappa shape index (κ2) is 7.79. The molecule has 5 nitrogen and oxygen atoms in total. The summed E-state index contributed by atoms with van der Waals surface area (Å²) in [5.41, 5.74) is 2.41. The summed E-state index contributed by atoms with van der Waals surface area (Å²) in [6.07, 6.45) is 3.94. The average Bonchev–Trinajstić information content (AvgIpc) is 2.60. The van der Waals surface area contributed by atoms with Gasteiger partial charge in [0.2, 0.25) is 5.91 Å². The Hall–Kier alpha value is -1.88. The molecule has 0 aromatic heterocycles. The van der Waals surface area contributed by atoms with Crippen LogP contribution in [0.25, 0.3) is 0 Å². The summed E-state index contributed by atoms with van der Waals surface area (Å²) in [6.45, 7) is 2.12. The number of carbonyl (C=O) groups is 2. The van der Waals surface area contributed by atoms with Crippen molar-refractivity contribution in [2.24, 2.45) is 5.92 Å². The Morgan fingerprint density at radius 1 is 1.29 bits per heavy atom. The van der Waals surface area contributed by atoms with Crippen molar-refractivity contribution in [1.82, 2.24) is 4.90 Å². The number of ether oxygens (including phenoxy) is 1. The first-order chi connectivity index (χ1) is 11.6. The van der Waals surface area contributed by atoms with Crippen LogP contribution in [0.3, 0.4) is 0 Å². The zero-order chi connectivity index (χ0) is 16.9. The van der Waals surface area contributed by atoms with Crippen LogP contribution in [-0.4, -0.2) is 41.6 Å². The number of carboxylic acids is 1. The van der Waals surface area contributed by atoms with E-state index < -0.39 is 5.97 Å². The standard InChI is InChI=1S/C19H25NO4/c21-18(20-10-3-4-14(13-20)7-8-19(22)23)12-17-16-6-2-1-5-15(16)9-11-24-17/h1-2,5-6,14,17H,3-4,7-13H2,(H,22,23)/t14-,17+/m1/s1. The average molecular weight is 331 g/mol. The van der Waals surface area contributed by atoms with E-state index in [1.165, 1.54) is 5.56 Å². The van der Waals surface area contributed by atoms with Gasteiger partial charge in [0.15, 0.2) is 0 Å². The highest BCUT2D eigenvalue weighted by Crippen LogP contribution is 2.31. The Morgan fingerprint density at radius 2 is 2.12 bits per heavy atom. The van der Waals surface area contributed by atoms with Gasteiger partial charge in [0.25, 0.3) is 0 Å². The van der Waals surface area contributed by atoms with Gasteiger partial charge in [-0.25, -0.2) is 0 Å². The monoisotopic (exact) mass is 331 g/mol. The third kappa shape index (κ3) is 4.15. The van der Waals surface area contributed by atoms with Crippen molar-refractivity contribution in [3.8, 4) is 0 Å². The molecule has 2 aliphatic rings. The fourth-order valence-electron chi connectivity index (χ4n) is 3.79. The molecule has 1 aromatic rings. The molecule has 0 aliphatic carbocycles. The highest BCUT2D eigenvalue weighted by molar-refractivity contribution is 5.77. The lowest BCUT2D eigenvalue weighted by atomic mass is 9.92. The van der Waals surface area contributed by atoms with Crippen molar-refractivity contribution >= 4 is 11.9 Å². The fourth-order valence-corrected chi connectivity index (χ4v) is 3.79. The molecule has 0 radical (unpaired) electrons. The van der Waals surface area contributed by atoms with Crippen molar-refractivity contribution in [3.63, 3.8) is 0 Å². The molecule has 1 amide bonds. The summed E-state index contributed by atoms with van der Waals surface area (Å²) >= 11 is 0. The molecule has 3 rings (SSSR count). The third-order valence-corrected chi connectivity index (χ3v) is 5.09. The van der Waals surface area contributed by atoms with Gasteiger partial charge in [-0.3, -0.25) is 9.59 Å². The Morgan fingerprint density at radius 3 is 2.96 bits per heavy atom. The minimum absolute atomic E-state index is 0.122. The van der Waals surface area contributed by atoms with Crippen LogP contribution in [0.1, 0.15) is 49.3 Å². The predicted molar refractivity (Wildman–Crippen MR) is 89.6 cm³/mol. The normalized spacial score (nSPS) is 23.6. The molecule has 1 aromatic carbocycles. The maximum atomic E-state index is 12.7. The van der Waals surface area contributed by atoms with Gasteiger partial charge in [-0.05, 0) is 42.7 Å². The minimum Gasteiger partial charge on any atom is -0.481 e. The lowest BCUT2D eigenvalue weighted by Gasteiger charge is -2.34. The smallest absolute Gasteiger partial charge is 0.303 e. The van der Waals surface area contributed by atoms with Crippen LogP contribution in [0.4, 0.5) is 0 Å². The molecule has 0 spiro atoms. The number of hydrogen-bond donors (Lipinski definition) is 1. The summed E-state index contributed by atoms with van der Waals surface area (Å²) < 4.78 is 5.85. The van der Waals surface area contributed by atoms with Crippen LogP contribution < -0.4 is 0 Å². The third-order valence-electron chi connectivity index (χ3n) is 5.09. The number of carbonyl (C=O) groups excluding carboxylic acids is 1. The number of carboxylic acid groups (broad SMARTS) is 1. The molecule has 2 heterocycles. The Bertz CT molecular complexity index is 601. The fraction of sp³-hybridized carbons (Fsp3) is 0.579. The zero-order valence-corrected chi connectivity index (χ0v) is 13.9. The molecule has 5 heteroatoms. The topological polar surface area (TPSA) is 66.8 Å². The van der Waals surface area contributed by atoms with E-state index in [0.717, 1.165) is 31.4 Å². The van der Waals surface area contributed by atoms with Crippen LogP contribution >= 0.6 is 0 Å². The second-order valence-corrected chi connectivity index (χ2v) is 6.79. The van der Waals surface area contributed by atoms with Gasteiger partial charge in [0.05, 0.1) is 19.1 Å². The number of fused-ring (bicyclic) bond motifs is 1. The van der Waals surface area contributed by atoms with Gasteiger partial charge >= 0.3 is 5.97 Å². The summed E-state index contributed by atoms with van der Waals surface area (Å²) in [6, 6.07) is 8.19. The van der Waals surface area contributed by atoms with Crippen LogP contribution in [-0.2, 0) is 20.7 Å². The molecule has 2 atom stereocenters. The molecule has 24 heavy (non-hydrogen) atoms. The van der Waals surface area contributed by atoms with E-state index in [1.807, 2.05) is 17.0 Å². The van der Waals surface area contributed by atoms with E-state index in [4.69, 9.17) is 9.84 Å². The van der Waals surface area contributed by atoms with E-state index in [9.17, 15) is 9.59 Å². The van der Waals surface area contributed by atoms with E-state index in [0.29, 0.717) is 31.9 Å².